The van der Waals surface area contributed by atoms with Crippen molar-refractivity contribution >= 4 is 20.4 Å². The van der Waals surface area contributed by atoms with Crippen LogP contribution in [0.4, 0.5) is 0 Å². The fourth-order valence-electron chi connectivity index (χ4n) is 0.539. The first-order valence-electron chi connectivity index (χ1n) is 3.02. The summed E-state index contributed by atoms with van der Waals surface area (Å²) >= 11 is 0.175. The van der Waals surface area contributed by atoms with E-state index in [4.69, 9.17) is 0 Å². The van der Waals surface area contributed by atoms with Crippen LogP contribution in [-0.2, 0) is 0 Å². The van der Waals surface area contributed by atoms with Gasteiger partial charge in [-0.05, 0) is 0 Å². The van der Waals surface area contributed by atoms with Crippen molar-refractivity contribution in [3.05, 3.63) is 10.8 Å². The van der Waals surface area contributed by atoms with E-state index in [1.165, 1.54) is 17.4 Å². The van der Waals surface area contributed by atoms with E-state index in [1.807, 2.05) is 0 Å². The lowest BCUT2D eigenvalue weighted by Gasteiger charge is -1.85. The zero-order chi connectivity index (χ0) is 5.54. The summed E-state index contributed by atoms with van der Waals surface area (Å²) in [6, 6.07) is 0. The minimum absolute atomic E-state index is 0.175. The minimum atomic E-state index is 0.175. The van der Waals surface area contributed by atoms with Crippen LogP contribution >= 0.6 is 0 Å². The van der Waals surface area contributed by atoms with Gasteiger partial charge in [0, 0.05) is 0 Å². The van der Waals surface area contributed by atoms with E-state index in [1.54, 1.807) is 0 Å². The summed E-state index contributed by atoms with van der Waals surface area (Å²) in [5.74, 6) is 0. The summed E-state index contributed by atoms with van der Waals surface area (Å²) in [5, 5.41) is 0. The molecule has 0 atom stereocenters. The van der Waals surface area contributed by atoms with Crippen molar-refractivity contribution < 1.29 is 0 Å². The molecule has 0 saturated carbocycles. The molecule has 0 fully saturated rings. The lowest BCUT2D eigenvalue weighted by Crippen LogP contribution is -1.80. The molecule has 0 bridgehead atoms. The number of unbranched alkanes of at least 4 members (excludes halogenated alkanes) is 1. The van der Waals surface area contributed by atoms with Crippen molar-refractivity contribution in [1.82, 2.24) is 0 Å². The maximum Gasteiger partial charge on any atom is 0.395 e. The summed E-state index contributed by atoms with van der Waals surface area (Å²) < 4.78 is 3.58. The third kappa shape index (κ3) is 6.51. The summed E-state index contributed by atoms with van der Waals surface area (Å²) in [4.78, 5) is 0. The van der Waals surface area contributed by atoms with Crippen LogP contribution in [0.15, 0.2) is 10.8 Å². The standard InChI is InChI=1S/C4H9.C2H3.Mg/c1-3-4-2;1-2;/h1,3-4H2,2H3;1H,2H2;. The van der Waals surface area contributed by atoms with Gasteiger partial charge >= 0.3 is 20.4 Å². The summed E-state index contributed by atoms with van der Waals surface area (Å²) in [7, 11) is 0. The Morgan fingerprint density at radius 1 is 1.71 bits per heavy atom. The maximum absolute atomic E-state index is 3.69. The van der Waals surface area contributed by atoms with Gasteiger partial charge in [0.1, 0.15) is 0 Å². The van der Waals surface area contributed by atoms with E-state index in [2.05, 4.69) is 17.7 Å². The van der Waals surface area contributed by atoms with E-state index >= 15 is 0 Å². The van der Waals surface area contributed by atoms with Crippen LogP contribution in [0.25, 0.3) is 0 Å². The van der Waals surface area contributed by atoms with Crippen molar-refractivity contribution in [3.8, 4) is 0 Å². The Bertz CT molecular complexity index is 41.4. The molecule has 0 radical (unpaired) electrons. The summed E-state index contributed by atoms with van der Waals surface area (Å²) in [6.07, 6.45) is 2.76. The summed E-state index contributed by atoms with van der Waals surface area (Å²) in [6.45, 7) is 5.93. The van der Waals surface area contributed by atoms with Gasteiger partial charge < -0.3 is 0 Å². The Balaban J connectivity index is 2.56. The molecule has 0 amide bonds. The lowest BCUT2D eigenvalue weighted by molar-refractivity contribution is 0.881. The Labute approximate surface area is 55.7 Å². The molecule has 0 aliphatic carbocycles. The smallest absolute Gasteiger partial charge is 0.214 e. The molecule has 0 N–H and O–H groups in total. The quantitative estimate of drug-likeness (QED) is 0.382. The highest BCUT2D eigenvalue weighted by Crippen LogP contribution is 1.91. The van der Waals surface area contributed by atoms with Crippen molar-refractivity contribution in [2.45, 2.75) is 24.3 Å². The maximum atomic E-state index is 3.69. The first kappa shape index (κ1) is 7.51. The fraction of sp³-hybridized carbons (Fsp3) is 0.667. The Hall–Kier alpha value is 0.506. The second kappa shape index (κ2) is 6.51. The topological polar surface area (TPSA) is 0 Å². The van der Waals surface area contributed by atoms with Crippen LogP contribution in [0, 0.1) is 0 Å². The van der Waals surface area contributed by atoms with Crippen LogP contribution < -0.4 is 0 Å². The largest absolute Gasteiger partial charge is 0.395 e. The first-order valence-corrected chi connectivity index (χ1v) is 4.84. The van der Waals surface area contributed by atoms with Gasteiger partial charge in [-0.15, -0.1) is 11.1 Å². The zero-order valence-electron chi connectivity index (χ0n) is 5.11. The van der Waals surface area contributed by atoms with E-state index < -0.39 is 0 Å². The third-order valence-electron chi connectivity index (χ3n) is 1.01. The molecule has 0 heterocycles. The highest BCUT2D eigenvalue weighted by molar-refractivity contribution is 6.41. The molecule has 1 heteroatoms. The zero-order valence-corrected chi connectivity index (χ0v) is 6.53. The second-order valence-electron chi connectivity index (χ2n) is 1.78. The molecule has 0 rings (SSSR count). The Kier molecular flexibility index (Phi) is 6.98. The highest BCUT2D eigenvalue weighted by atomic mass is 24.5. The van der Waals surface area contributed by atoms with Crippen LogP contribution in [0.3, 0.4) is 0 Å². The van der Waals surface area contributed by atoms with Crippen LogP contribution in [0.1, 0.15) is 19.8 Å². The Morgan fingerprint density at radius 3 is 2.86 bits per heavy atom. The van der Waals surface area contributed by atoms with Crippen LogP contribution in [0.5, 0.6) is 0 Å². The van der Waals surface area contributed by atoms with E-state index in [0.717, 1.165) is 0 Å². The predicted molar refractivity (Wildman–Crippen MR) is 35.7 cm³/mol. The molecule has 0 nitrogen and oxygen atoms in total. The normalized spacial score (nSPS) is 7.57. The molecule has 0 saturated heterocycles. The second-order valence-corrected chi connectivity index (χ2v) is 3.65. The van der Waals surface area contributed by atoms with Gasteiger partial charge in [0.2, 0.25) is 0 Å². The van der Waals surface area contributed by atoms with Crippen LogP contribution in [0.2, 0.25) is 4.55 Å². The number of hydrogen-bond acceptors (Lipinski definition) is 0. The Morgan fingerprint density at radius 2 is 2.43 bits per heavy atom. The average molecular weight is 108 g/mol. The van der Waals surface area contributed by atoms with E-state index in [-0.39, 0.29) is 20.4 Å². The lowest BCUT2D eigenvalue weighted by atomic mass is 10.4. The third-order valence-corrected chi connectivity index (χ3v) is 2.33. The van der Waals surface area contributed by atoms with Crippen molar-refractivity contribution in [3.63, 3.8) is 0 Å². The van der Waals surface area contributed by atoms with Crippen molar-refractivity contribution in [2.24, 2.45) is 0 Å². The van der Waals surface area contributed by atoms with Gasteiger partial charge in [0.15, 0.2) is 0 Å². The molecule has 0 unspecified atom stereocenters. The van der Waals surface area contributed by atoms with Gasteiger partial charge in [-0.2, -0.15) is 0 Å². The van der Waals surface area contributed by atoms with E-state index in [0.29, 0.717) is 0 Å². The summed E-state index contributed by atoms with van der Waals surface area (Å²) in [5.41, 5.74) is 0. The number of rotatable bonds is 4. The first-order chi connectivity index (χ1) is 3.41. The molecule has 0 spiro atoms. The van der Waals surface area contributed by atoms with Crippen LogP contribution in [-0.4, -0.2) is 20.4 Å². The monoisotopic (exact) mass is 108 g/mol. The van der Waals surface area contributed by atoms with Gasteiger partial charge in [-0.25, -0.2) is 4.21 Å². The molecule has 7 heavy (non-hydrogen) atoms. The molecule has 0 aliphatic heterocycles. The van der Waals surface area contributed by atoms with Gasteiger partial charge in [-0.3, -0.25) is 0 Å². The minimum Gasteiger partial charge on any atom is -0.214 e. The van der Waals surface area contributed by atoms with Gasteiger partial charge in [0.05, 0.1) is 0 Å². The molecule has 0 aromatic rings. The average Bonchev–Trinajstić information content (AvgIpc) is 1.69. The predicted octanol–water partition coefficient (Wildman–Crippen LogP) is 2.05. The molecule has 38 valence electrons. The van der Waals surface area contributed by atoms with Crippen molar-refractivity contribution in [1.29, 1.82) is 0 Å². The van der Waals surface area contributed by atoms with Crippen molar-refractivity contribution in [2.75, 3.05) is 0 Å². The molecular weight excluding hydrogens is 96.4 g/mol. The fourth-order valence-corrected chi connectivity index (χ4v) is 1.62. The number of hydrogen-bond donors (Lipinski definition) is 0. The molecular formula is C6H12Mg. The molecule has 0 aromatic heterocycles. The van der Waals surface area contributed by atoms with E-state index in [9.17, 15) is 0 Å². The van der Waals surface area contributed by atoms with Gasteiger partial charge in [0.25, 0.3) is 0 Å². The highest BCUT2D eigenvalue weighted by Gasteiger charge is 1.84. The molecule has 0 aromatic carbocycles. The molecule has 0 aliphatic rings. The SMILES string of the molecule is C=[CH][Mg][CH2]CCC. The van der Waals surface area contributed by atoms with Gasteiger partial charge in [-0.1, -0.05) is 19.8 Å².